The molecule has 1 N–H and O–H groups in total. The Morgan fingerprint density at radius 3 is 3.00 bits per heavy atom. The van der Waals surface area contributed by atoms with Gasteiger partial charge in [0.1, 0.15) is 11.6 Å². The fourth-order valence-corrected chi connectivity index (χ4v) is 2.26. The van der Waals surface area contributed by atoms with Crippen molar-refractivity contribution in [2.24, 2.45) is 0 Å². The molecule has 0 unspecified atom stereocenters. The van der Waals surface area contributed by atoms with Crippen molar-refractivity contribution in [1.82, 2.24) is 15.2 Å². The van der Waals surface area contributed by atoms with Crippen molar-refractivity contribution in [2.75, 3.05) is 19.5 Å². The zero-order valence-corrected chi connectivity index (χ0v) is 12.8. The standard InChI is InChI=1S/C14H17N3O3S/c1-3-12-15-14(17-16-12)21-8-7-20-11-6-4-5-10(9-11)13(18)19-2/h4-6,9H,3,7-8H2,1-2H3,(H,15,16,17). The molecule has 0 aliphatic heterocycles. The van der Waals surface area contributed by atoms with Crippen molar-refractivity contribution >= 4 is 17.7 Å². The fourth-order valence-electron chi connectivity index (χ4n) is 1.62. The maximum atomic E-state index is 11.4. The van der Waals surface area contributed by atoms with E-state index in [4.69, 9.17) is 4.74 Å². The van der Waals surface area contributed by atoms with Crippen LogP contribution in [-0.4, -0.2) is 40.6 Å². The van der Waals surface area contributed by atoms with Crippen molar-refractivity contribution in [1.29, 1.82) is 0 Å². The average Bonchev–Trinajstić information content (AvgIpc) is 2.99. The van der Waals surface area contributed by atoms with Gasteiger partial charge in [-0.3, -0.25) is 5.10 Å². The first-order chi connectivity index (χ1) is 10.2. The van der Waals surface area contributed by atoms with E-state index in [0.717, 1.165) is 23.2 Å². The summed E-state index contributed by atoms with van der Waals surface area (Å²) < 4.78 is 10.3. The molecule has 2 rings (SSSR count). The van der Waals surface area contributed by atoms with Gasteiger partial charge in [-0.1, -0.05) is 24.8 Å². The van der Waals surface area contributed by atoms with Gasteiger partial charge in [0.2, 0.25) is 5.16 Å². The minimum atomic E-state index is -0.373. The van der Waals surface area contributed by atoms with E-state index >= 15 is 0 Å². The molecule has 0 aliphatic rings. The number of rotatable bonds is 7. The van der Waals surface area contributed by atoms with Crippen LogP contribution in [0.5, 0.6) is 5.75 Å². The number of esters is 1. The molecular formula is C14H17N3O3S. The van der Waals surface area contributed by atoms with Gasteiger partial charge < -0.3 is 9.47 Å². The molecule has 1 heterocycles. The second-order valence-corrected chi connectivity index (χ2v) is 5.20. The molecular weight excluding hydrogens is 290 g/mol. The number of nitrogens with one attached hydrogen (secondary N) is 1. The van der Waals surface area contributed by atoms with E-state index in [1.54, 1.807) is 24.3 Å². The van der Waals surface area contributed by atoms with Crippen LogP contribution in [0.4, 0.5) is 0 Å². The molecule has 0 amide bonds. The van der Waals surface area contributed by atoms with Crippen LogP contribution in [0.25, 0.3) is 0 Å². The summed E-state index contributed by atoms with van der Waals surface area (Å²) in [6.45, 7) is 2.53. The van der Waals surface area contributed by atoms with Crippen LogP contribution >= 0.6 is 11.8 Å². The third kappa shape index (κ3) is 4.49. The molecule has 112 valence electrons. The molecule has 0 saturated heterocycles. The number of thioether (sulfide) groups is 1. The van der Waals surface area contributed by atoms with Crippen LogP contribution in [-0.2, 0) is 11.2 Å². The van der Waals surface area contributed by atoms with Gasteiger partial charge in [0.25, 0.3) is 0 Å². The number of benzene rings is 1. The Bertz CT molecular complexity index is 601. The first-order valence-corrected chi connectivity index (χ1v) is 7.56. The highest BCUT2D eigenvalue weighted by atomic mass is 32.2. The van der Waals surface area contributed by atoms with E-state index in [1.165, 1.54) is 18.9 Å². The van der Waals surface area contributed by atoms with Gasteiger partial charge in [0.05, 0.1) is 19.3 Å². The predicted molar refractivity (Wildman–Crippen MR) is 79.8 cm³/mol. The topological polar surface area (TPSA) is 77.1 Å². The largest absolute Gasteiger partial charge is 0.493 e. The zero-order chi connectivity index (χ0) is 15.1. The maximum Gasteiger partial charge on any atom is 0.337 e. The van der Waals surface area contributed by atoms with Gasteiger partial charge in [0, 0.05) is 12.2 Å². The summed E-state index contributed by atoms with van der Waals surface area (Å²) in [5, 5.41) is 7.68. The summed E-state index contributed by atoms with van der Waals surface area (Å²) in [6.07, 6.45) is 0.838. The van der Waals surface area contributed by atoms with E-state index in [-0.39, 0.29) is 5.97 Å². The number of hydrogen-bond donors (Lipinski definition) is 1. The van der Waals surface area contributed by atoms with Crippen molar-refractivity contribution < 1.29 is 14.3 Å². The van der Waals surface area contributed by atoms with Crippen LogP contribution in [0.2, 0.25) is 0 Å². The lowest BCUT2D eigenvalue weighted by molar-refractivity contribution is 0.0600. The quantitative estimate of drug-likeness (QED) is 0.480. The summed E-state index contributed by atoms with van der Waals surface area (Å²) in [5.41, 5.74) is 0.476. The Hall–Kier alpha value is -2.02. The highest BCUT2D eigenvalue weighted by Gasteiger charge is 2.06. The molecule has 0 radical (unpaired) electrons. The summed E-state index contributed by atoms with van der Waals surface area (Å²) in [5.74, 6) is 1.87. The Balaban J connectivity index is 1.79. The van der Waals surface area contributed by atoms with Gasteiger partial charge >= 0.3 is 5.97 Å². The van der Waals surface area contributed by atoms with Gasteiger partial charge in [0.15, 0.2) is 0 Å². The molecule has 0 aliphatic carbocycles. The fraction of sp³-hybridized carbons (Fsp3) is 0.357. The Labute approximate surface area is 127 Å². The van der Waals surface area contributed by atoms with E-state index in [9.17, 15) is 4.79 Å². The molecule has 0 bridgehead atoms. The molecule has 1 aromatic carbocycles. The van der Waals surface area contributed by atoms with Gasteiger partial charge in [-0.05, 0) is 18.2 Å². The molecule has 6 nitrogen and oxygen atoms in total. The highest BCUT2D eigenvalue weighted by molar-refractivity contribution is 7.99. The first-order valence-electron chi connectivity index (χ1n) is 6.58. The lowest BCUT2D eigenvalue weighted by Gasteiger charge is -2.06. The number of hydrogen-bond acceptors (Lipinski definition) is 6. The van der Waals surface area contributed by atoms with Crippen LogP contribution in [0, 0.1) is 0 Å². The van der Waals surface area contributed by atoms with E-state index in [2.05, 4.69) is 19.9 Å². The number of aromatic nitrogens is 3. The minimum absolute atomic E-state index is 0.373. The zero-order valence-electron chi connectivity index (χ0n) is 12.0. The SMILES string of the molecule is CCc1nc(SCCOc2cccc(C(=O)OC)c2)n[nH]1. The normalized spacial score (nSPS) is 10.4. The number of aryl methyl sites for hydroxylation is 1. The van der Waals surface area contributed by atoms with Crippen molar-refractivity contribution in [2.45, 2.75) is 18.5 Å². The third-order valence-electron chi connectivity index (χ3n) is 2.68. The van der Waals surface area contributed by atoms with E-state index < -0.39 is 0 Å². The van der Waals surface area contributed by atoms with Crippen molar-refractivity contribution in [3.8, 4) is 5.75 Å². The minimum Gasteiger partial charge on any atom is -0.493 e. The highest BCUT2D eigenvalue weighted by Crippen LogP contribution is 2.16. The summed E-state index contributed by atoms with van der Waals surface area (Å²) in [7, 11) is 1.36. The number of methoxy groups -OCH3 is 1. The molecule has 7 heteroatoms. The predicted octanol–water partition coefficient (Wildman–Crippen LogP) is 2.32. The molecule has 0 spiro atoms. The van der Waals surface area contributed by atoms with Crippen molar-refractivity contribution in [3.05, 3.63) is 35.7 Å². The number of nitrogens with zero attached hydrogens (tertiary/aromatic N) is 2. The Kier molecular flexibility index (Phi) is 5.62. The second-order valence-electron chi connectivity index (χ2n) is 4.13. The van der Waals surface area contributed by atoms with Crippen LogP contribution in [0.3, 0.4) is 0 Å². The van der Waals surface area contributed by atoms with Gasteiger partial charge in [-0.25, -0.2) is 9.78 Å². The molecule has 0 atom stereocenters. The molecule has 0 fully saturated rings. The summed E-state index contributed by atoms with van der Waals surface area (Å²) in [4.78, 5) is 15.7. The third-order valence-corrected chi connectivity index (χ3v) is 3.50. The second kappa shape index (κ2) is 7.68. The number of aromatic amines is 1. The van der Waals surface area contributed by atoms with Crippen LogP contribution in [0.15, 0.2) is 29.4 Å². The molecule has 2 aromatic rings. The van der Waals surface area contributed by atoms with Gasteiger partial charge in [-0.15, -0.1) is 5.10 Å². The average molecular weight is 307 g/mol. The maximum absolute atomic E-state index is 11.4. The van der Waals surface area contributed by atoms with E-state index in [1.807, 2.05) is 6.92 Å². The van der Waals surface area contributed by atoms with Crippen LogP contribution < -0.4 is 4.74 Å². The smallest absolute Gasteiger partial charge is 0.337 e. The van der Waals surface area contributed by atoms with Gasteiger partial charge in [-0.2, -0.15) is 0 Å². The lowest BCUT2D eigenvalue weighted by Crippen LogP contribution is -2.04. The summed E-state index contributed by atoms with van der Waals surface area (Å²) in [6, 6.07) is 6.92. The first kappa shape index (κ1) is 15.4. The van der Waals surface area contributed by atoms with Crippen molar-refractivity contribution in [3.63, 3.8) is 0 Å². The molecule has 0 saturated carbocycles. The number of H-pyrrole nitrogens is 1. The number of carbonyl (C=O) groups is 1. The molecule has 1 aromatic heterocycles. The monoisotopic (exact) mass is 307 g/mol. The molecule has 21 heavy (non-hydrogen) atoms. The number of carbonyl (C=O) groups excluding carboxylic acids is 1. The Morgan fingerprint density at radius 2 is 2.29 bits per heavy atom. The Morgan fingerprint density at radius 1 is 1.43 bits per heavy atom. The summed E-state index contributed by atoms with van der Waals surface area (Å²) >= 11 is 1.52. The lowest BCUT2D eigenvalue weighted by atomic mass is 10.2. The van der Waals surface area contributed by atoms with E-state index in [0.29, 0.717) is 17.9 Å². The number of ether oxygens (including phenoxy) is 2. The van der Waals surface area contributed by atoms with Crippen LogP contribution in [0.1, 0.15) is 23.1 Å².